The standard InChI is InChI=1S/C60H58N2/c1-12-48-18-28-54(32-42(48)6)62(53-25-17-40(4)41(5)31-53)55-29-30-56(43(7)33-55)58-36-47(11)60(37-46(58)10)59-35-44(8)57(34-45(59)9)49-19-26-52(27-20-49)61(50-21-13-38(2)14-22-50)51-23-15-39(3)16-24-51/h12-37H,1H2,2-11H3. The van der Waals surface area contributed by atoms with Gasteiger partial charge in [0, 0.05) is 34.1 Å². The van der Waals surface area contributed by atoms with E-state index >= 15 is 0 Å². The Morgan fingerprint density at radius 1 is 0.290 bits per heavy atom. The second kappa shape index (κ2) is 17.2. The summed E-state index contributed by atoms with van der Waals surface area (Å²) in [5, 5.41) is 0. The van der Waals surface area contributed by atoms with Crippen LogP contribution in [-0.2, 0) is 0 Å². The fourth-order valence-electron chi connectivity index (χ4n) is 8.87. The molecule has 0 N–H and O–H groups in total. The number of benzene rings is 8. The lowest BCUT2D eigenvalue weighted by molar-refractivity contribution is 1.23. The minimum Gasteiger partial charge on any atom is -0.311 e. The van der Waals surface area contributed by atoms with E-state index in [9.17, 15) is 0 Å². The first-order chi connectivity index (χ1) is 29.8. The van der Waals surface area contributed by atoms with Gasteiger partial charge >= 0.3 is 0 Å². The van der Waals surface area contributed by atoms with Gasteiger partial charge in [0.25, 0.3) is 0 Å². The van der Waals surface area contributed by atoms with E-state index in [0.717, 1.165) is 39.7 Å². The van der Waals surface area contributed by atoms with Gasteiger partial charge in [0.2, 0.25) is 0 Å². The van der Waals surface area contributed by atoms with Crippen LogP contribution in [0.4, 0.5) is 34.1 Å². The van der Waals surface area contributed by atoms with Crippen LogP contribution in [-0.4, -0.2) is 0 Å². The summed E-state index contributed by atoms with van der Waals surface area (Å²) in [6, 6.07) is 56.4. The maximum atomic E-state index is 4.02. The van der Waals surface area contributed by atoms with Crippen molar-refractivity contribution in [3.8, 4) is 33.4 Å². The smallest absolute Gasteiger partial charge is 0.0464 e. The van der Waals surface area contributed by atoms with Crippen molar-refractivity contribution in [3.05, 3.63) is 219 Å². The van der Waals surface area contributed by atoms with Gasteiger partial charge in [0.1, 0.15) is 0 Å². The average molecular weight is 807 g/mol. The van der Waals surface area contributed by atoms with Crippen LogP contribution in [0.5, 0.6) is 0 Å². The molecule has 8 rings (SSSR count). The molecular formula is C60H58N2. The van der Waals surface area contributed by atoms with Crippen molar-refractivity contribution < 1.29 is 0 Å². The SMILES string of the molecule is C=Cc1ccc(N(c2ccc(C)c(C)c2)c2ccc(-c3cc(C)c(-c4cc(C)c(-c5ccc(N(c6ccc(C)cc6)c6ccc(C)cc6)cc5)cc4C)cc3C)c(C)c2)cc1C. The minimum absolute atomic E-state index is 1.14. The molecule has 0 aliphatic carbocycles. The van der Waals surface area contributed by atoms with Crippen LogP contribution in [0.1, 0.15) is 61.2 Å². The van der Waals surface area contributed by atoms with Gasteiger partial charge in [-0.15, -0.1) is 0 Å². The van der Waals surface area contributed by atoms with Crippen LogP contribution in [0.25, 0.3) is 39.5 Å². The van der Waals surface area contributed by atoms with E-state index in [-0.39, 0.29) is 0 Å². The lowest BCUT2D eigenvalue weighted by Gasteiger charge is -2.28. The molecule has 0 atom stereocenters. The lowest BCUT2D eigenvalue weighted by Crippen LogP contribution is -2.11. The van der Waals surface area contributed by atoms with Crippen molar-refractivity contribution in [2.24, 2.45) is 0 Å². The Kier molecular flexibility index (Phi) is 11.6. The van der Waals surface area contributed by atoms with Gasteiger partial charge in [-0.3, -0.25) is 0 Å². The molecule has 8 aromatic carbocycles. The van der Waals surface area contributed by atoms with Crippen LogP contribution < -0.4 is 9.80 Å². The molecule has 2 nitrogen and oxygen atoms in total. The molecule has 0 aliphatic heterocycles. The van der Waals surface area contributed by atoms with E-state index in [4.69, 9.17) is 0 Å². The van der Waals surface area contributed by atoms with Gasteiger partial charge in [-0.05, 0) is 225 Å². The van der Waals surface area contributed by atoms with Crippen molar-refractivity contribution in [1.82, 2.24) is 0 Å². The number of nitrogens with zero attached hydrogens (tertiary/aromatic N) is 2. The molecule has 308 valence electrons. The van der Waals surface area contributed by atoms with Crippen molar-refractivity contribution in [3.63, 3.8) is 0 Å². The van der Waals surface area contributed by atoms with Gasteiger partial charge in [0.15, 0.2) is 0 Å². The van der Waals surface area contributed by atoms with E-state index in [1.165, 1.54) is 89.0 Å². The molecule has 0 amide bonds. The summed E-state index contributed by atoms with van der Waals surface area (Å²) in [5.41, 5.74) is 28.2. The first-order valence-corrected chi connectivity index (χ1v) is 21.8. The molecule has 0 saturated carbocycles. The van der Waals surface area contributed by atoms with Crippen LogP contribution >= 0.6 is 0 Å². The first kappa shape index (κ1) is 41.8. The Bertz CT molecular complexity index is 2900. The van der Waals surface area contributed by atoms with Gasteiger partial charge in [0.05, 0.1) is 0 Å². The highest BCUT2D eigenvalue weighted by Gasteiger charge is 2.19. The van der Waals surface area contributed by atoms with Gasteiger partial charge < -0.3 is 9.80 Å². The molecule has 0 saturated heterocycles. The number of aryl methyl sites for hydroxylation is 10. The van der Waals surface area contributed by atoms with E-state index in [0.29, 0.717) is 0 Å². The summed E-state index contributed by atoms with van der Waals surface area (Å²) in [6.07, 6.45) is 1.93. The average Bonchev–Trinajstić information content (AvgIpc) is 3.25. The highest BCUT2D eigenvalue weighted by molar-refractivity contribution is 5.85. The lowest BCUT2D eigenvalue weighted by atomic mass is 9.86. The Hall–Kier alpha value is -6.90. The molecule has 0 spiro atoms. The second-order valence-corrected chi connectivity index (χ2v) is 17.4. The highest BCUT2D eigenvalue weighted by Crippen LogP contribution is 2.42. The maximum absolute atomic E-state index is 4.02. The zero-order valence-corrected chi connectivity index (χ0v) is 38.1. The third-order valence-corrected chi connectivity index (χ3v) is 12.7. The molecule has 0 aromatic heterocycles. The summed E-state index contributed by atoms with van der Waals surface area (Å²) >= 11 is 0. The fourth-order valence-corrected chi connectivity index (χ4v) is 8.87. The molecule has 0 heterocycles. The maximum Gasteiger partial charge on any atom is 0.0464 e. The van der Waals surface area contributed by atoms with E-state index in [1.807, 2.05) is 6.08 Å². The third-order valence-electron chi connectivity index (χ3n) is 12.7. The van der Waals surface area contributed by atoms with Gasteiger partial charge in [-0.2, -0.15) is 0 Å². The molecule has 0 radical (unpaired) electrons. The summed E-state index contributed by atoms with van der Waals surface area (Å²) in [7, 11) is 0. The highest BCUT2D eigenvalue weighted by atomic mass is 15.1. The number of rotatable bonds is 10. The fraction of sp³-hybridized carbons (Fsp3) is 0.167. The predicted octanol–water partition coefficient (Wildman–Crippen LogP) is 17.4. The second-order valence-electron chi connectivity index (χ2n) is 17.4. The Morgan fingerprint density at radius 3 is 1.11 bits per heavy atom. The normalized spacial score (nSPS) is 11.1. The molecule has 2 heteroatoms. The largest absolute Gasteiger partial charge is 0.311 e. The van der Waals surface area contributed by atoms with Crippen molar-refractivity contribution in [1.29, 1.82) is 0 Å². The molecule has 0 bridgehead atoms. The van der Waals surface area contributed by atoms with Crippen molar-refractivity contribution >= 4 is 40.2 Å². The molecule has 0 fully saturated rings. The Balaban J connectivity index is 1.10. The zero-order valence-electron chi connectivity index (χ0n) is 38.1. The quantitative estimate of drug-likeness (QED) is 0.136. The van der Waals surface area contributed by atoms with E-state index in [1.54, 1.807) is 0 Å². The van der Waals surface area contributed by atoms with Crippen LogP contribution in [0.15, 0.2) is 158 Å². The van der Waals surface area contributed by atoms with E-state index < -0.39 is 0 Å². The third kappa shape index (κ3) is 8.26. The number of anilines is 6. The van der Waals surface area contributed by atoms with Gasteiger partial charge in [-0.25, -0.2) is 0 Å². The number of hydrogen-bond donors (Lipinski definition) is 0. The Labute approximate surface area is 370 Å². The molecule has 62 heavy (non-hydrogen) atoms. The summed E-state index contributed by atoms with van der Waals surface area (Å²) in [5.74, 6) is 0. The van der Waals surface area contributed by atoms with Gasteiger partial charge in [-0.1, -0.05) is 103 Å². The minimum atomic E-state index is 1.14. The monoisotopic (exact) mass is 806 g/mol. The Morgan fingerprint density at radius 2 is 0.645 bits per heavy atom. The molecule has 8 aromatic rings. The topological polar surface area (TPSA) is 6.48 Å². The molecule has 0 unspecified atom stereocenters. The summed E-state index contributed by atoms with van der Waals surface area (Å²) < 4.78 is 0. The summed E-state index contributed by atoms with van der Waals surface area (Å²) in [4.78, 5) is 4.71. The molecule has 0 aliphatic rings. The van der Waals surface area contributed by atoms with Crippen molar-refractivity contribution in [2.45, 2.75) is 69.2 Å². The summed E-state index contributed by atoms with van der Waals surface area (Å²) in [6.45, 7) is 26.1. The molecular weight excluding hydrogens is 749 g/mol. The van der Waals surface area contributed by atoms with Crippen molar-refractivity contribution in [2.75, 3.05) is 9.80 Å². The number of hydrogen-bond acceptors (Lipinski definition) is 2. The van der Waals surface area contributed by atoms with E-state index in [2.05, 4.69) is 237 Å². The van der Waals surface area contributed by atoms with Crippen LogP contribution in [0.2, 0.25) is 0 Å². The first-order valence-electron chi connectivity index (χ1n) is 21.8. The van der Waals surface area contributed by atoms with Crippen LogP contribution in [0.3, 0.4) is 0 Å². The predicted molar refractivity (Wildman–Crippen MR) is 270 cm³/mol. The zero-order chi connectivity index (χ0) is 43.8. The van der Waals surface area contributed by atoms with Crippen LogP contribution in [0, 0.1) is 69.2 Å².